The lowest BCUT2D eigenvalue weighted by molar-refractivity contribution is -0.111. The van der Waals surface area contributed by atoms with Gasteiger partial charge in [-0.15, -0.1) is 0 Å². The van der Waals surface area contributed by atoms with Crippen LogP contribution in [0.4, 0.5) is 0 Å². The Labute approximate surface area is 65.9 Å². The molecule has 0 aromatic carbocycles. The summed E-state index contributed by atoms with van der Waals surface area (Å²) in [5.41, 5.74) is -0.862. The number of nitrogens with one attached hydrogen (secondary N) is 1. The van der Waals surface area contributed by atoms with E-state index < -0.39 is 11.9 Å². The van der Waals surface area contributed by atoms with Crippen LogP contribution in [-0.4, -0.2) is 40.3 Å². The molecule has 0 aromatic heterocycles. The minimum Gasteiger partial charge on any atom is -0.390 e. The number of hydrogen-bond donors (Lipinski definition) is 4. The molecule has 0 aromatic rings. The van der Waals surface area contributed by atoms with Crippen molar-refractivity contribution < 1.29 is 15.3 Å². The summed E-state index contributed by atoms with van der Waals surface area (Å²) in [6.07, 6.45) is -0.123. The summed E-state index contributed by atoms with van der Waals surface area (Å²) in [6, 6.07) is 0. The van der Waals surface area contributed by atoms with Gasteiger partial charge in [0.1, 0.15) is 0 Å². The SMILES string of the molecule is OC(O)CC1(O)CCNCC1. The first kappa shape index (κ1) is 8.93. The summed E-state index contributed by atoms with van der Waals surface area (Å²) in [5.74, 6) is 0. The zero-order valence-corrected chi connectivity index (χ0v) is 6.45. The van der Waals surface area contributed by atoms with Crippen molar-refractivity contribution in [2.45, 2.75) is 31.2 Å². The maximum Gasteiger partial charge on any atom is 0.154 e. The van der Waals surface area contributed by atoms with Gasteiger partial charge in [0.25, 0.3) is 0 Å². The molecule has 0 spiro atoms. The molecule has 1 heterocycles. The first-order valence-corrected chi connectivity index (χ1v) is 3.92. The summed E-state index contributed by atoms with van der Waals surface area (Å²) >= 11 is 0. The van der Waals surface area contributed by atoms with Gasteiger partial charge in [-0.05, 0) is 25.9 Å². The molecule has 1 aliphatic heterocycles. The molecule has 0 amide bonds. The molecule has 0 bridgehead atoms. The molecule has 0 saturated carbocycles. The number of aliphatic hydroxyl groups excluding tert-OH is 1. The van der Waals surface area contributed by atoms with Crippen LogP contribution in [-0.2, 0) is 0 Å². The summed E-state index contributed by atoms with van der Waals surface area (Å²) in [4.78, 5) is 0. The predicted octanol–water partition coefficient (Wildman–Crippen LogP) is -1.20. The molecule has 1 saturated heterocycles. The molecule has 11 heavy (non-hydrogen) atoms. The Morgan fingerprint density at radius 1 is 1.27 bits per heavy atom. The minimum atomic E-state index is -1.39. The van der Waals surface area contributed by atoms with Crippen molar-refractivity contribution in [1.29, 1.82) is 0 Å². The summed E-state index contributed by atoms with van der Waals surface area (Å²) < 4.78 is 0. The Kier molecular flexibility index (Phi) is 2.84. The molecule has 0 atom stereocenters. The molecule has 0 radical (unpaired) electrons. The van der Waals surface area contributed by atoms with E-state index in [2.05, 4.69) is 5.32 Å². The van der Waals surface area contributed by atoms with E-state index in [0.717, 1.165) is 13.1 Å². The highest BCUT2D eigenvalue weighted by Gasteiger charge is 2.30. The van der Waals surface area contributed by atoms with Crippen LogP contribution in [0.25, 0.3) is 0 Å². The van der Waals surface area contributed by atoms with Crippen LogP contribution in [0.15, 0.2) is 0 Å². The zero-order valence-electron chi connectivity index (χ0n) is 6.45. The van der Waals surface area contributed by atoms with Gasteiger partial charge >= 0.3 is 0 Å². The van der Waals surface area contributed by atoms with E-state index in [0.29, 0.717) is 12.8 Å². The lowest BCUT2D eigenvalue weighted by Gasteiger charge is -2.32. The van der Waals surface area contributed by atoms with E-state index in [1.54, 1.807) is 0 Å². The molecule has 0 aliphatic carbocycles. The van der Waals surface area contributed by atoms with Crippen LogP contribution in [0.1, 0.15) is 19.3 Å². The highest BCUT2D eigenvalue weighted by Crippen LogP contribution is 2.22. The fourth-order valence-corrected chi connectivity index (χ4v) is 1.44. The molecule has 4 heteroatoms. The smallest absolute Gasteiger partial charge is 0.154 e. The van der Waals surface area contributed by atoms with Crippen LogP contribution < -0.4 is 5.32 Å². The van der Waals surface area contributed by atoms with Crippen molar-refractivity contribution in [2.75, 3.05) is 13.1 Å². The zero-order chi connectivity index (χ0) is 8.32. The van der Waals surface area contributed by atoms with E-state index in [4.69, 9.17) is 10.2 Å². The van der Waals surface area contributed by atoms with E-state index in [1.165, 1.54) is 0 Å². The van der Waals surface area contributed by atoms with Crippen molar-refractivity contribution in [3.8, 4) is 0 Å². The molecule has 4 nitrogen and oxygen atoms in total. The van der Waals surface area contributed by atoms with Gasteiger partial charge in [-0.2, -0.15) is 0 Å². The van der Waals surface area contributed by atoms with Gasteiger partial charge in [0.15, 0.2) is 6.29 Å². The first-order valence-electron chi connectivity index (χ1n) is 3.92. The summed E-state index contributed by atoms with van der Waals surface area (Å²) in [5, 5.41) is 30.1. The average Bonchev–Trinajstić information content (AvgIpc) is 1.85. The van der Waals surface area contributed by atoms with Gasteiger partial charge in [0.05, 0.1) is 5.60 Å². The van der Waals surface area contributed by atoms with Crippen LogP contribution in [0.2, 0.25) is 0 Å². The Balaban J connectivity index is 2.37. The summed E-state index contributed by atoms with van der Waals surface area (Å²) in [7, 11) is 0. The number of hydrogen-bond acceptors (Lipinski definition) is 4. The molecular weight excluding hydrogens is 146 g/mol. The van der Waals surface area contributed by atoms with Crippen molar-refractivity contribution in [3.05, 3.63) is 0 Å². The third kappa shape index (κ3) is 2.75. The van der Waals surface area contributed by atoms with Gasteiger partial charge in [-0.25, -0.2) is 0 Å². The fraction of sp³-hybridized carbons (Fsp3) is 1.00. The second kappa shape index (κ2) is 3.49. The normalized spacial score (nSPS) is 24.0. The van der Waals surface area contributed by atoms with Crippen LogP contribution in [0.5, 0.6) is 0 Å². The molecule has 1 rings (SSSR count). The third-order valence-corrected chi connectivity index (χ3v) is 2.10. The van der Waals surface area contributed by atoms with E-state index in [9.17, 15) is 5.11 Å². The van der Waals surface area contributed by atoms with Gasteiger partial charge in [0.2, 0.25) is 0 Å². The highest BCUT2D eigenvalue weighted by molar-refractivity contribution is 4.84. The van der Waals surface area contributed by atoms with Crippen molar-refractivity contribution >= 4 is 0 Å². The molecule has 0 unspecified atom stereocenters. The minimum absolute atomic E-state index is 0.0642. The standard InChI is InChI=1S/C7H15NO3/c9-6(10)5-7(11)1-3-8-4-2-7/h6,8-11H,1-5H2. The topological polar surface area (TPSA) is 72.7 Å². The Morgan fingerprint density at radius 2 is 1.82 bits per heavy atom. The molecule has 66 valence electrons. The number of aliphatic hydroxyl groups is 3. The van der Waals surface area contributed by atoms with Crippen LogP contribution in [0, 0.1) is 0 Å². The lowest BCUT2D eigenvalue weighted by atomic mass is 9.89. The van der Waals surface area contributed by atoms with Gasteiger partial charge in [0, 0.05) is 6.42 Å². The Bertz CT molecular complexity index is 121. The molecular formula is C7H15NO3. The molecule has 1 aliphatic rings. The highest BCUT2D eigenvalue weighted by atomic mass is 16.5. The van der Waals surface area contributed by atoms with Crippen molar-refractivity contribution in [3.63, 3.8) is 0 Å². The fourth-order valence-electron chi connectivity index (χ4n) is 1.44. The summed E-state index contributed by atoms with van der Waals surface area (Å²) in [6.45, 7) is 1.51. The van der Waals surface area contributed by atoms with E-state index in [-0.39, 0.29) is 6.42 Å². The Hall–Kier alpha value is -0.160. The molecule has 4 N–H and O–H groups in total. The maximum atomic E-state index is 9.68. The monoisotopic (exact) mass is 161 g/mol. The largest absolute Gasteiger partial charge is 0.390 e. The van der Waals surface area contributed by atoms with Crippen LogP contribution in [0.3, 0.4) is 0 Å². The van der Waals surface area contributed by atoms with Gasteiger partial charge in [-0.3, -0.25) is 0 Å². The van der Waals surface area contributed by atoms with E-state index >= 15 is 0 Å². The number of piperidine rings is 1. The van der Waals surface area contributed by atoms with E-state index in [1.807, 2.05) is 0 Å². The lowest BCUT2D eigenvalue weighted by Crippen LogP contribution is -2.43. The maximum absolute atomic E-state index is 9.68. The number of rotatable bonds is 2. The first-order chi connectivity index (χ1) is 5.12. The molecule has 1 fully saturated rings. The third-order valence-electron chi connectivity index (χ3n) is 2.10. The van der Waals surface area contributed by atoms with Gasteiger partial charge in [-0.1, -0.05) is 0 Å². The predicted molar refractivity (Wildman–Crippen MR) is 39.9 cm³/mol. The average molecular weight is 161 g/mol. The van der Waals surface area contributed by atoms with Crippen molar-refractivity contribution in [1.82, 2.24) is 5.32 Å². The second-order valence-electron chi connectivity index (χ2n) is 3.16. The second-order valence-corrected chi connectivity index (χ2v) is 3.16. The van der Waals surface area contributed by atoms with Crippen molar-refractivity contribution in [2.24, 2.45) is 0 Å². The quantitative estimate of drug-likeness (QED) is 0.384. The van der Waals surface area contributed by atoms with Crippen LogP contribution >= 0.6 is 0 Å². The van der Waals surface area contributed by atoms with Gasteiger partial charge < -0.3 is 20.6 Å². The Morgan fingerprint density at radius 3 is 2.27 bits per heavy atom.